The van der Waals surface area contributed by atoms with E-state index in [9.17, 15) is 0 Å². The Balaban J connectivity index is 1.17. The number of aromatic nitrogens is 1. The highest BCUT2D eigenvalue weighted by Crippen LogP contribution is 2.38. The van der Waals surface area contributed by atoms with E-state index in [1.54, 1.807) is 0 Å². The maximum atomic E-state index is 6.37. The zero-order chi connectivity index (χ0) is 34.2. The molecule has 11 rings (SSSR count). The summed E-state index contributed by atoms with van der Waals surface area (Å²) in [5.41, 5.74) is 9.24. The van der Waals surface area contributed by atoms with Crippen LogP contribution < -0.4 is 0 Å². The van der Waals surface area contributed by atoms with Crippen molar-refractivity contribution in [2.45, 2.75) is 12.8 Å². The summed E-state index contributed by atoms with van der Waals surface area (Å²) in [5.74, 6) is 0.633. The highest BCUT2D eigenvalue weighted by molar-refractivity contribution is 6.27. The van der Waals surface area contributed by atoms with E-state index in [1.165, 1.54) is 0 Å². The van der Waals surface area contributed by atoms with E-state index < -0.39 is 0 Å². The molecule has 1 aliphatic heterocycles. The van der Waals surface area contributed by atoms with Crippen LogP contribution in [0.25, 0.3) is 82.0 Å². The minimum atomic E-state index is 0.633. The first kappa shape index (κ1) is 28.9. The molecule has 52 heavy (non-hydrogen) atoms. The van der Waals surface area contributed by atoms with Crippen LogP contribution in [0.4, 0.5) is 0 Å². The molecule has 0 N–H and O–H groups in total. The molecule has 0 saturated carbocycles. The molecule has 0 aliphatic carbocycles. The molecule has 244 valence electrons. The smallest absolute Gasteiger partial charge is 0.160 e. The van der Waals surface area contributed by atoms with E-state index in [0.29, 0.717) is 5.84 Å². The number of aliphatic imine (C=N–C) groups is 2. The highest BCUT2D eigenvalue weighted by atomic mass is 16.3. The van der Waals surface area contributed by atoms with Crippen LogP contribution in [0.15, 0.2) is 171 Å². The second-order valence-corrected chi connectivity index (χ2v) is 13.4. The fraction of sp³-hybridized carbons (Fsp3) is 0.0426. The van der Waals surface area contributed by atoms with Gasteiger partial charge in [0.2, 0.25) is 0 Å². The SMILES string of the molecule is C1=C(c2cccc3oc4ccccc4c23)/N=C(c2ccc3c(c2)oc2ccccc23)\N=C(\c2cccc3ccc4ccc5cccnc5c4c23)CC\1. The Hall–Kier alpha value is -6.85. The summed E-state index contributed by atoms with van der Waals surface area (Å²) in [7, 11) is 0. The van der Waals surface area contributed by atoms with Crippen LogP contribution in [0.1, 0.15) is 29.5 Å². The number of furan rings is 2. The van der Waals surface area contributed by atoms with Crippen molar-refractivity contribution in [1.82, 2.24) is 4.98 Å². The van der Waals surface area contributed by atoms with Crippen molar-refractivity contribution in [3.05, 3.63) is 168 Å². The number of hydrogen-bond acceptors (Lipinski definition) is 5. The van der Waals surface area contributed by atoms with Crippen LogP contribution in [0.3, 0.4) is 0 Å². The van der Waals surface area contributed by atoms with Gasteiger partial charge in [-0.3, -0.25) is 4.98 Å². The molecule has 0 atom stereocenters. The minimum Gasteiger partial charge on any atom is -0.456 e. The Kier molecular flexibility index (Phi) is 6.31. The number of nitrogens with zero attached hydrogens (tertiary/aromatic N) is 3. The third-order valence-corrected chi connectivity index (χ3v) is 10.4. The van der Waals surface area contributed by atoms with Gasteiger partial charge in [-0.1, -0.05) is 109 Å². The lowest BCUT2D eigenvalue weighted by Crippen LogP contribution is -2.10. The Morgan fingerprint density at radius 2 is 1.17 bits per heavy atom. The second-order valence-electron chi connectivity index (χ2n) is 13.4. The van der Waals surface area contributed by atoms with Gasteiger partial charge in [0.1, 0.15) is 22.3 Å². The van der Waals surface area contributed by atoms with Gasteiger partial charge in [0.05, 0.1) is 16.9 Å². The topological polar surface area (TPSA) is 63.9 Å². The zero-order valence-electron chi connectivity index (χ0n) is 28.0. The third kappa shape index (κ3) is 4.46. The van der Waals surface area contributed by atoms with Crippen LogP contribution >= 0.6 is 0 Å². The number of allylic oxidation sites excluding steroid dienone is 1. The van der Waals surface area contributed by atoms with E-state index >= 15 is 0 Å². The number of rotatable bonds is 3. The van der Waals surface area contributed by atoms with Gasteiger partial charge >= 0.3 is 0 Å². The highest BCUT2D eigenvalue weighted by Gasteiger charge is 2.20. The van der Waals surface area contributed by atoms with Crippen LogP contribution in [-0.2, 0) is 0 Å². The van der Waals surface area contributed by atoms with Crippen molar-refractivity contribution < 1.29 is 8.83 Å². The maximum Gasteiger partial charge on any atom is 0.160 e. The van der Waals surface area contributed by atoms with Crippen molar-refractivity contribution in [2.75, 3.05) is 0 Å². The van der Waals surface area contributed by atoms with Gasteiger partial charge in [-0.05, 0) is 60.0 Å². The lowest BCUT2D eigenvalue weighted by Gasteiger charge is -2.16. The second kappa shape index (κ2) is 11.3. The Labute approximate surface area is 297 Å². The van der Waals surface area contributed by atoms with Gasteiger partial charge < -0.3 is 8.83 Å². The molecular weight excluding hydrogens is 639 g/mol. The summed E-state index contributed by atoms with van der Waals surface area (Å²) in [5, 5.41) is 10.0. The van der Waals surface area contributed by atoms with Crippen LogP contribution in [0.5, 0.6) is 0 Å². The van der Waals surface area contributed by atoms with E-state index in [2.05, 4.69) is 97.1 Å². The Morgan fingerprint density at radius 1 is 0.481 bits per heavy atom. The first-order chi connectivity index (χ1) is 25.8. The lowest BCUT2D eigenvalue weighted by molar-refractivity contribution is 0.668. The summed E-state index contributed by atoms with van der Waals surface area (Å²) in [6.07, 6.45) is 5.63. The summed E-state index contributed by atoms with van der Waals surface area (Å²) in [6.45, 7) is 0. The van der Waals surface area contributed by atoms with Crippen molar-refractivity contribution in [1.29, 1.82) is 0 Å². The lowest BCUT2D eigenvalue weighted by atomic mass is 9.92. The molecule has 4 heterocycles. The van der Waals surface area contributed by atoms with E-state index in [0.717, 1.165) is 117 Å². The van der Waals surface area contributed by atoms with E-state index in [-0.39, 0.29) is 0 Å². The van der Waals surface area contributed by atoms with Gasteiger partial charge in [0, 0.05) is 60.6 Å². The number of hydrogen-bond donors (Lipinski definition) is 0. The molecule has 0 fully saturated rings. The van der Waals surface area contributed by atoms with Crippen molar-refractivity contribution in [3.8, 4) is 0 Å². The number of para-hydroxylation sites is 2. The standard InChI is InChI=1S/C47H29N3O2/c1-3-17-39-32(11-1)33-25-24-31(27-42(33)52-39)47-49-37(15-7-16-38(50-47)35-14-6-19-41-45(35)36-12-2-4-18-40(36)51-41)34-13-5-9-28-20-21-29-22-23-30-10-8-26-48-46(30)44(29)43(28)34/h1-6,8-14,16-27H,7,15H2/b38-16-,49-37+,50-47-. The molecule has 7 aromatic carbocycles. The molecule has 0 saturated heterocycles. The van der Waals surface area contributed by atoms with Crippen LogP contribution in [0.2, 0.25) is 0 Å². The normalized spacial score (nSPS) is 17.0. The molecule has 5 heteroatoms. The largest absolute Gasteiger partial charge is 0.456 e. The van der Waals surface area contributed by atoms with Crippen LogP contribution in [0, 0.1) is 0 Å². The third-order valence-electron chi connectivity index (χ3n) is 10.4. The Bertz CT molecular complexity index is 3190. The molecule has 10 aromatic rings. The van der Waals surface area contributed by atoms with Gasteiger partial charge in [0.15, 0.2) is 5.84 Å². The number of amidine groups is 1. The van der Waals surface area contributed by atoms with E-state index in [1.807, 2.05) is 54.7 Å². The number of fused-ring (bicyclic) bond motifs is 11. The quantitative estimate of drug-likeness (QED) is 0.176. The number of benzene rings is 7. The fourth-order valence-corrected chi connectivity index (χ4v) is 8.03. The van der Waals surface area contributed by atoms with Gasteiger partial charge in [-0.25, -0.2) is 9.98 Å². The van der Waals surface area contributed by atoms with Crippen molar-refractivity contribution in [3.63, 3.8) is 0 Å². The first-order valence-electron chi connectivity index (χ1n) is 17.7. The molecule has 1 aliphatic rings. The molecule has 0 unspecified atom stereocenters. The average Bonchev–Trinajstić information content (AvgIpc) is 3.76. The van der Waals surface area contributed by atoms with Gasteiger partial charge in [0.25, 0.3) is 0 Å². The first-order valence-corrected chi connectivity index (χ1v) is 17.7. The number of pyridine rings is 1. The van der Waals surface area contributed by atoms with Crippen molar-refractivity contribution in [2.24, 2.45) is 9.98 Å². The predicted molar refractivity (Wildman–Crippen MR) is 214 cm³/mol. The summed E-state index contributed by atoms with van der Waals surface area (Å²) in [4.78, 5) is 15.8. The van der Waals surface area contributed by atoms with Gasteiger partial charge in [-0.2, -0.15) is 0 Å². The molecule has 3 aromatic heterocycles. The monoisotopic (exact) mass is 667 g/mol. The van der Waals surface area contributed by atoms with E-state index in [4.69, 9.17) is 23.8 Å². The molecule has 0 bridgehead atoms. The molecule has 0 spiro atoms. The zero-order valence-corrected chi connectivity index (χ0v) is 28.0. The summed E-state index contributed by atoms with van der Waals surface area (Å²) >= 11 is 0. The maximum absolute atomic E-state index is 6.37. The fourth-order valence-electron chi connectivity index (χ4n) is 8.03. The van der Waals surface area contributed by atoms with Gasteiger partial charge in [-0.15, -0.1) is 0 Å². The van der Waals surface area contributed by atoms with Crippen LogP contribution in [-0.4, -0.2) is 16.5 Å². The molecule has 0 radical (unpaired) electrons. The summed E-state index contributed by atoms with van der Waals surface area (Å²) < 4.78 is 12.7. The summed E-state index contributed by atoms with van der Waals surface area (Å²) in [6, 6.07) is 48.3. The molecular formula is C47H29N3O2. The minimum absolute atomic E-state index is 0.633. The van der Waals surface area contributed by atoms with Crippen molar-refractivity contribution >= 4 is 93.6 Å². The predicted octanol–water partition coefficient (Wildman–Crippen LogP) is 12.4. The Morgan fingerprint density at radius 3 is 2.08 bits per heavy atom. The molecule has 0 amide bonds. The molecule has 5 nitrogen and oxygen atoms in total. The average molecular weight is 668 g/mol.